The Kier molecular flexibility index (Phi) is 10.8. The average molecular weight is 803 g/mol. The predicted molar refractivity (Wildman–Crippen MR) is 246 cm³/mol. The molecule has 9 heteroatoms. The fraction of sp³-hybridized carbons (Fsp3) is 0.115. The summed E-state index contributed by atoms with van der Waals surface area (Å²) in [4.78, 5) is 4.06. The molecule has 61 heavy (non-hydrogen) atoms. The van der Waals surface area contributed by atoms with E-state index in [1.54, 1.807) is 14.2 Å². The molecule has 0 atom stereocenters. The Balaban J connectivity index is 1.13. The molecule has 0 amide bonds. The maximum atomic E-state index is 6.06. The molecule has 0 radical (unpaired) electrons. The van der Waals surface area contributed by atoms with E-state index in [4.69, 9.17) is 19.7 Å². The van der Waals surface area contributed by atoms with Crippen LogP contribution < -0.4 is 24.2 Å². The fourth-order valence-corrected chi connectivity index (χ4v) is 8.25. The lowest BCUT2D eigenvalue weighted by atomic mass is 10.0. The number of nitrogens with two attached hydrogens (primary N) is 1. The highest BCUT2D eigenvalue weighted by atomic mass is 16.5. The lowest BCUT2D eigenvalue weighted by Gasteiger charge is -2.13. The average Bonchev–Trinajstić information content (AvgIpc) is 3.84. The van der Waals surface area contributed by atoms with Gasteiger partial charge in [0.05, 0.1) is 30.6 Å². The number of allylic oxidation sites excluding steroid dienone is 4. The van der Waals surface area contributed by atoms with E-state index in [2.05, 4.69) is 162 Å². The van der Waals surface area contributed by atoms with Gasteiger partial charge in [-0.05, 0) is 94.3 Å². The van der Waals surface area contributed by atoms with Crippen LogP contribution >= 0.6 is 0 Å². The summed E-state index contributed by atoms with van der Waals surface area (Å²) in [6, 6.07) is 45.7. The van der Waals surface area contributed by atoms with Crippen LogP contribution in [0.3, 0.4) is 0 Å². The SMILES string of the molecule is C=C(/C=C\C=C/[NH2+]CC[n+]1c2ccccc2nn1-c1c(/C=C\[n+]2c3ccccc3nn2-c2c(C)cc(OC)c3ccccc23)cc(OC)c2ccccc12)c1ccccc1C. The van der Waals surface area contributed by atoms with E-state index in [1.807, 2.05) is 53.3 Å². The Morgan fingerprint density at radius 2 is 1.25 bits per heavy atom. The number of rotatable bonds is 13. The Morgan fingerprint density at radius 3 is 1.97 bits per heavy atom. The molecule has 2 N–H and O–H groups in total. The first-order valence-corrected chi connectivity index (χ1v) is 20.5. The van der Waals surface area contributed by atoms with Gasteiger partial charge in [0.2, 0.25) is 22.1 Å². The van der Waals surface area contributed by atoms with Crippen LogP contribution in [0.1, 0.15) is 22.3 Å². The summed E-state index contributed by atoms with van der Waals surface area (Å²) in [6.45, 7) is 9.98. The highest BCUT2D eigenvalue weighted by molar-refractivity contribution is 5.99. The van der Waals surface area contributed by atoms with Crippen molar-refractivity contribution in [1.82, 2.24) is 19.8 Å². The van der Waals surface area contributed by atoms with Crippen molar-refractivity contribution >= 4 is 61.5 Å². The van der Waals surface area contributed by atoms with Crippen LogP contribution in [0, 0.1) is 13.8 Å². The Morgan fingerprint density at radius 1 is 0.656 bits per heavy atom. The zero-order chi connectivity index (χ0) is 41.9. The Hall–Kier alpha value is -7.62. The second-order valence-electron chi connectivity index (χ2n) is 15.0. The molecule has 7 aromatic carbocycles. The molecular weight excluding hydrogens is 755 g/mol. The van der Waals surface area contributed by atoms with Crippen LogP contribution in [0.2, 0.25) is 0 Å². The Bertz CT molecular complexity index is 3210. The van der Waals surface area contributed by atoms with Gasteiger partial charge in [-0.3, -0.25) is 0 Å². The van der Waals surface area contributed by atoms with Gasteiger partial charge in [0, 0.05) is 27.1 Å². The van der Waals surface area contributed by atoms with E-state index in [9.17, 15) is 0 Å². The summed E-state index contributed by atoms with van der Waals surface area (Å²) in [7, 11) is 3.44. The first kappa shape index (κ1) is 38.9. The van der Waals surface area contributed by atoms with Crippen molar-refractivity contribution in [3.63, 3.8) is 0 Å². The van der Waals surface area contributed by atoms with Crippen molar-refractivity contribution in [3.8, 4) is 22.9 Å². The maximum Gasteiger partial charge on any atom is 0.250 e. The third-order valence-corrected chi connectivity index (χ3v) is 11.2. The molecule has 0 bridgehead atoms. The topological polar surface area (TPSA) is 78.5 Å². The molecule has 0 saturated carbocycles. The Labute approximate surface area is 355 Å². The maximum absolute atomic E-state index is 6.06. The lowest BCUT2D eigenvalue weighted by Crippen LogP contribution is -2.80. The van der Waals surface area contributed by atoms with Gasteiger partial charge in [-0.1, -0.05) is 116 Å². The number of ether oxygens (including phenoxy) is 2. The molecular formula is C52H48N7O2+3. The van der Waals surface area contributed by atoms with Gasteiger partial charge in [-0.15, -0.1) is 9.36 Å². The molecule has 0 unspecified atom stereocenters. The van der Waals surface area contributed by atoms with E-state index in [0.717, 1.165) is 95.3 Å². The molecule has 2 aromatic heterocycles. The number of hydrogen-bond donors (Lipinski definition) is 1. The van der Waals surface area contributed by atoms with Crippen molar-refractivity contribution in [2.75, 3.05) is 20.8 Å². The summed E-state index contributed by atoms with van der Waals surface area (Å²) in [5.74, 6) is 1.60. The van der Waals surface area contributed by atoms with Crippen LogP contribution in [-0.4, -0.2) is 40.6 Å². The number of hydrogen-bond acceptors (Lipinski definition) is 4. The van der Waals surface area contributed by atoms with Gasteiger partial charge in [-0.2, -0.15) is 0 Å². The standard InChI is InChI=1S/C52H47N7O2/c1-36-18-6-7-20-40(36)37(2)19-16-17-30-53-31-33-57-48-28-15-13-26-46(48)55-59(57)52-39(35-50(61-5)42-22-9-11-24-44(42)52)29-32-56-47-27-14-12-25-45(47)54-58(56)51-38(3)34-49(60-4)41-21-8-10-23-43(41)51/h6-30,32,34-35,53H,2,31,33H2,1,3-5H3/q+2/p+1/b19-16-,30-17-,32-29-. The number of fused-ring (bicyclic) bond motifs is 4. The van der Waals surface area contributed by atoms with Gasteiger partial charge >= 0.3 is 0 Å². The number of nitrogens with zero attached hydrogens (tertiary/aromatic N) is 6. The largest absolute Gasteiger partial charge is 0.496 e. The van der Waals surface area contributed by atoms with Gasteiger partial charge in [0.25, 0.3) is 0 Å². The summed E-state index contributed by atoms with van der Waals surface area (Å²) in [5.41, 5.74) is 11.0. The number of para-hydroxylation sites is 2. The van der Waals surface area contributed by atoms with Crippen LogP contribution in [0.25, 0.3) is 72.8 Å². The molecule has 0 aliphatic heterocycles. The molecule has 300 valence electrons. The van der Waals surface area contributed by atoms with Gasteiger partial charge in [0.1, 0.15) is 35.6 Å². The third-order valence-electron chi connectivity index (χ3n) is 11.2. The molecule has 0 fully saturated rings. The van der Waals surface area contributed by atoms with E-state index < -0.39 is 0 Å². The van der Waals surface area contributed by atoms with Crippen molar-refractivity contribution in [2.24, 2.45) is 0 Å². The molecule has 9 nitrogen and oxygen atoms in total. The number of aromatic nitrogens is 6. The fourth-order valence-electron chi connectivity index (χ4n) is 8.25. The third kappa shape index (κ3) is 7.36. The highest BCUT2D eigenvalue weighted by Gasteiger charge is 2.27. The quantitative estimate of drug-likeness (QED) is 0.0719. The summed E-state index contributed by atoms with van der Waals surface area (Å²) in [5, 5.41) is 16.7. The molecule has 0 aliphatic rings. The van der Waals surface area contributed by atoms with Crippen molar-refractivity contribution in [1.29, 1.82) is 0 Å². The summed E-state index contributed by atoms with van der Waals surface area (Å²) >= 11 is 0. The minimum atomic E-state index is 0.698. The zero-order valence-electron chi connectivity index (χ0n) is 34.9. The zero-order valence-corrected chi connectivity index (χ0v) is 34.9. The number of aryl methyl sites for hydroxylation is 2. The van der Waals surface area contributed by atoms with E-state index >= 15 is 0 Å². The van der Waals surface area contributed by atoms with Crippen molar-refractivity contribution in [2.45, 2.75) is 20.4 Å². The van der Waals surface area contributed by atoms with E-state index in [1.165, 1.54) is 5.56 Å². The van der Waals surface area contributed by atoms with E-state index in [0.29, 0.717) is 6.54 Å². The highest BCUT2D eigenvalue weighted by Crippen LogP contribution is 2.36. The minimum Gasteiger partial charge on any atom is -0.496 e. The monoisotopic (exact) mass is 802 g/mol. The molecule has 2 heterocycles. The van der Waals surface area contributed by atoms with Crippen molar-refractivity contribution in [3.05, 3.63) is 187 Å². The number of quaternary nitrogens is 1. The first-order valence-electron chi connectivity index (χ1n) is 20.5. The van der Waals surface area contributed by atoms with Crippen LogP contribution in [-0.2, 0) is 6.54 Å². The van der Waals surface area contributed by atoms with Gasteiger partial charge < -0.3 is 14.8 Å². The second kappa shape index (κ2) is 16.9. The van der Waals surface area contributed by atoms with Crippen LogP contribution in [0.15, 0.2) is 164 Å². The number of methoxy groups -OCH3 is 2. The van der Waals surface area contributed by atoms with Crippen LogP contribution in [0.5, 0.6) is 11.5 Å². The summed E-state index contributed by atoms with van der Waals surface area (Å²) in [6.07, 6.45) is 12.5. The minimum absolute atomic E-state index is 0.698. The lowest BCUT2D eigenvalue weighted by molar-refractivity contribution is -0.775. The first-order chi connectivity index (χ1) is 29.9. The van der Waals surface area contributed by atoms with Gasteiger partial charge in [0.15, 0.2) is 6.54 Å². The molecule has 9 rings (SSSR count). The molecule has 0 aliphatic carbocycles. The molecule has 0 saturated heterocycles. The molecule has 0 spiro atoms. The smallest absolute Gasteiger partial charge is 0.250 e. The second-order valence-corrected chi connectivity index (χ2v) is 15.0. The number of benzene rings is 7. The normalized spacial score (nSPS) is 12.0. The van der Waals surface area contributed by atoms with E-state index in [-0.39, 0.29) is 0 Å². The molecule has 9 aromatic rings. The van der Waals surface area contributed by atoms with Crippen LogP contribution in [0.4, 0.5) is 0 Å². The van der Waals surface area contributed by atoms with Gasteiger partial charge in [-0.25, -0.2) is 0 Å². The van der Waals surface area contributed by atoms with Crippen molar-refractivity contribution < 1.29 is 24.2 Å². The summed E-state index contributed by atoms with van der Waals surface area (Å²) < 4.78 is 16.3. The predicted octanol–water partition coefficient (Wildman–Crippen LogP) is 8.85.